The first kappa shape index (κ1) is 16.9. The number of carboxylic acid groups (broad SMARTS) is 1. The largest absolute Gasteiger partial charge is 0.480 e. The van der Waals surface area contributed by atoms with Crippen LogP contribution in [0.15, 0.2) is 0 Å². The molecule has 2 atom stereocenters. The number of alkyl halides is 1. The molecule has 1 fully saturated rings. The lowest BCUT2D eigenvalue weighted by atomic mass is 10.1. The van der Waals surface area contributed by atoms with Crippen LogP contribution >= 0.6 is 15.9 Å². The summed E-state index contributed by atoms with van der Waals surface area (Å²) in [5, 5.41) is 12.2. The molecule has 1 unspecified atom stereocenters. The summed E-state index contributed by atoms with van der Waals surface area (Å²) >= 11 is 3.39. The number of halogens is 1. The maximum absolute atomic E-state index is 11.7. The minimum absolute atomic E-state index is 0.172. The zero-order chi connectivity index (χ0) is 15.1. The number of nitrogens with zero attached hydrogens (tertiary/aromatic N) is 1. The van der Waals surface area contributed by atoms with Gasteiger partial charge in [-0.2, -0.15) is 0 Å². The van der Waals surface area contributed by atoms with E-state index in [-0.39, 0.29) is 11.8 Å². The fourth-order valence-electron chi connectivity index (χ4n) is 2.33. The van der Waals surface area contributed by atoms with Crippen LogP contribution < -0.4 is 5.32 Å². The van der Waals surface area contributed by atoms with E-state index in [0.717, 1.165) is 18.3 Å². The van der Waals surface area contributed by atoms with E-state index in [1.54, 1.807) is 0 Å². The van der Waals surface area contributed by atoms with Crippen LogP contribution in [0.1, 0.15) is 32.6 Å². The highest BCUT2D eigenvalue weighted by Crippen LogP contribution is 2.20. The van der Waals surface area contributed by atoms with Crippen molar-refractivity contribution in [3.63, 3.8) is 0 Å². The first-order valence-electron chi connectivity index (χ1n) is 6.77. The maximum atomic E-state index is 11.7. The Hall–Kier alpha value is -1.11. The van der Waals surface area contributed by atoms with E-state index in [1.165, 1.54) is 6.92 Å². The molecule has 6 nitrogen and oxygen atoms in total. The SMILES string of the molecule is CC(=O)N[C@@H](CCCCN1CC(CBr)CC1=O)C(=O)O. The molecule has 1 aliphatic rings. The van der Waals surface area contributed by atoms with E-state index in [1.807, 2.05) is 4.90 Å². The van der Waals surface area contributed by atoms with Crippen molar-refractivity contribution in [3.05, 3.63) is 0 Å². The van der Waals surface area contributed by atoms with Gasteiger partial charge in [-0.25, -0.2) is 4.79 Å². The molecule has 2 N–H and O–H groups in total. The van der Waals surface area contributed by atoms with Crippen molar-refractivity contribution >= 4 is 33.7 Å². The van der Waals surface area contributed by atoms with Gasteiger partial charge in [-0.05, 0) is 25.2 Å². The molecule has 1 rings (SSSR count). The van der Waals surface area contributed by atoms with Crippen molar-refractivity contribution in [2.75, 3.05) is 18.4 Å². The van der Waals surface area contributed by atoms with Gasteiger partial charge in [-0.15, -0.1) is 0 Å². The lowest BCUT2D eigenvalue weighted by Crippen LogP contribution is -2.39. The molecule has 0 bridgehead atoms. The number of nitrogens with one attached hydrogen (secondary N) is 1. The number of carboxylic acids is 1. The van der Waals surface area contributed by atoms with Gasteiger partial charge in [-0.3, -0.25) is 9.59 Å². The van der Waals surface area contributed by atoms with Crippen LogP contribution in [0.5, 0.6) is 0 Å². The Labute approximate surface area is 127 Å². The number of amides is 2. The smallest absolute Gasteiger partial charge is 0.326 e. The number of likely N-dealkylation sites (tertiary alicyclic amines) is 1. The van der Waals surface area contributed by atoms with E-state index in [9.17, 15) is 14.4 Å². The van der Waals surface area contributed by atoms with Crippen molar-refractivity contribution in [1.29, 1.82) is 0 Å². The number of rotatable bonds is 8. The monoisotopic (exact) mass is 348 g/mol. The third kappa shape index (κ3) is 5.48. The van der Waals surface area contributed by atoms with E-state index in [2.05, 4.69) is 21.2 Å². The highest BCUT2D eigenvalue weighted by Gasteiger charge is 2.28. The van der Waals surface area contributed by atoms with Gasteiger partial charge in [0.2, 0.25) is 11.8 Å². The second-order valence-electron chi connectivity index (χ2n) is 5.15. The summed E-state index contributed by atoms with van der Waals surface area (Å²) < 4.78 is 0. The van der Waals surface area contributed by atoms with Crippen molar-refractivity contribution in [2.24, 2.45) is 5.92 Å². The quantitative estimate of drug-likeness (QED) is 0.505. The zero-order valence-electron chi connectivity index (χ0n) is 11.6. The van der Waals surface area contributed by atoms with Crippen molar-refractivity contribution in [1.82, 2.24) is 10.2 Å². The molecule has 2 amide bonds. The number of aliphatic carboxylic acids is 1. The number of carbonyl (C=O) groups excluding carboxylic acids is 2. The predicted molar refractivity (Wildman–Crippen MR) is 77.6 cm³/mol. The maximum Gasteiger partial charge on any atom is 0.326 e. The molecule has 0 spiro atoms. The summed E-state index contributed by atoms with van der Waals surface area (Å²) in [6, 6.07) is -0.836. The standard InChI is InChI=1S/C13H21BrN2O4/c1-9(17)15-11(13(19)20)4-2-3-5-16-8-10(7-14)6-12(16)18/h10-11H,2-8H2,1H3,(H,15,17)(H,19,20)/t10?,11-/m0/s1. The normalized spacial score (nSPS) is 20.0. The number of carbonyl (C=O) groups is 3. The molecule has 0 saturated carbocycles. The molecule has 114 valence electrons. The van der Waals surface area contributed by atoms with E-state index < -0.39 is 12.0 Å². The second-order valence-corrected chi connectivity index (χ2v) is 5.80. The van der Waals surface area contributed by atoms with E-state index in [0.29, 0.717) is 31.7 Å². The molecule has 0 aromatic rings. The number of hydrogen-bond donors (Lipinski definition) is 2. The van der Waals surface area contributed by atoms with Crippen molar-refractivity contribution in [3.8, 4) is 0 Å². The molecule has 0 aliphatic carbocycles. The first-order valence-corrected chi connectivity index (χ1v) is 7.89. The third-order valence-electron chi connectivity index (χ3n) is 3.36. The van der Waals surface area contributed by atoms with Gasteiger partial charge < -0.3 is 15.3 Å². The van der Waals surface area contributed by atoms with Gasteiger partial charge in [0.1, 0.15) is 6.04 Å². The lowest BCUT2D eigenvalue weighted by molar-refractivity contribution is -0.141. The van der Waals surface area contributed by atoms with Gasteiger partial charge in [0.25, 0.3) is 0 Å². The van der Waals surface area contributed by atoms with Crippen LogP contribution in [-0.2, 0) is 14.4 Å². The Kier molecular flexibility index (Phi) is 6.98. The number of unbranched alkanes of at least 4 members (excludes halogenated alkanes) is 1. The van der Waals surface area contributed by atoms with Crippen LogP contribution in [0.3, 0.4) is 0 Å². The summed E-state index contributed by atoms with van der Waals surface area (Å²) in [6.07, 6.45) is 2.40. The third-order valence-corrected chi connectivity index (χ3v) is 4.27. The summed E-state index contributed by atoms with van der Waals surface area (Å²) in [5.41, 5.74) is 0. The molecule has 1 aliphatic heterocycles. The van der Waals surface area contributed by atoms with E-state index >= 15 is 0 Å². The van der Waals surface area contributed by atoms with Crippen molar-refractivity contribution in [2.45, 2.75) is 38.6 Å². The topological polar surface area (TPSA) is 86.7 Å². The fourth-order valence-corrected chi connectivity index (χ4v) is 2.76. The summed E-state index contributed by atoms with van der Waals surface area (Å²) in [5.74, 6) is -0.802. The Bertz CT molecular complexity index is 375. The molecule has 1 saturated heterocycles. The van der Waals surface area contributed by atoms with Gasteiger partial charge in [0.05, 0.1) is 0 Å². The predicted octanol–water partition coefficient (Wildman–Crippen LogP) is 0.989. The Morgan fingerprint density at radius 1 is 1.50 bits per heavy atom. The van der Waals surface area contributed by atoms with Crippen LogP contribution in [0.4, 0.5) is 0 Å². The molecule has 0 aromatic carbocycles. The Morgan fingerprint density at radius 3 is 2.70 bits per heavy atom. The first-order chi connectivity index (χ1) is 9.43. The molecular formula is C13H21BrN2O4. The van der Waals surface area contributed by atoms with Crippen molar-refractivity contribution < 1.29 is 19.5 Å². The Balaban J connectivity index is 2.25. The van der Waals surface area contributed by atoms with Gasteiger partial charge in [0.15, 0.2) is 0 Å². The number of hydrogen-bond acceptors (Lipinski definition) is 3. The molecule has 0 aromatic heterocycles. The molecule has 1 heterocycles. The zero-order valence-corrected chi connectivity index (χ0v) is 13.2. The molecule has 0 radical (unpaired) electrons. The van der Waals surface area contributed by atoms with E-state index in [4.69, 9.17) is 5.11 Å². The summed E-state index contributed by atoms with van der Waals surface area (Å²) in [6.45, 7) is 2.74. The van der Waals surface area contributed by atoms with Crippen LogP contribution in [0.25, 0.3) is 0 Å². The van der Waals surface area contributed by atoms with Gasteiger partial charge in [0, 0.05) is 31.8 Å². The summed E-state index contributed by atoms with van der Waals surface area (Å²) in [4.78, 5) is 35.3. The van der Waals surface area contributed by atoms with Crippen LogP contribution in [0.2, 0.25) is 0 Å². The second kappa shape index (κ2) is 8.24. The lowest BCUT2D eigenvalue weighted by Gasteiger charge is -2.17. The Morgan fingerprint density at radius 2 is 2.20 bits per heavy atom. The van der Waals surface area contributed by atoms with Gasteiger partial charge >= 0.3 is 5.97 Å². The average molecular weight is 349 g/mol. The fraction of sp³-hybridized carbons (Fsp3) is 0.769. The molecular weight excluding hydrogens is 328 g/mol. The van der Waals surface area contributed by atoms with Crippen LogP contribution in [-0.4, -0.2) is 52.3 Å². The average Bonchev–Trinajstić information content (AvgIpc) is 2.73. The summed E-state index contributed by atoms with van der Waals surface area (Å²) in [7, 11) is 0. The van der Waals surface area contributed by atoms with Gasteiger partial charge in [-0.1, -0.05) is 15.9 Å². The minimum Gasteiger partial charge on any atom is -0.480 e. The molecule has 20 heavy (non-hydrogen) atoms. The highest BCUT2D eigenvalue weighted by atomic mass is 79.9. The molecule has 7 heteroatoms. The minimum atomic E-state index is -1.02. The highest BCUT2D eigenvalue weighted by molar-refractivity contribution is 9.09. The van der Waals surface area contributed by atoms with Crippen LogP contribution in [0, 0.1) is 5.92 Å².